The summed E-state index contributed by atoms with van der Waals surface area (Å²) in [5.74, 6) is 0.849. The van der Waals surface area contributed by atoms with Crippen LogP contribution in [0.2, 0.25) is 0 Å². The fourth-order valence-electron chi connectivity index (χ4n) is 2.39. The molecule has 0 aliphatic carbocycles. The van der Waals surface area contributed by atoms with E-state index in [9.17, 15) is 4.79 Å². The Kier molecular flexibility index (Phi) is 4.66. The lowest BCUT2D eigenvalue weighted by Crippen LogP contribution is -2.17. The number of thioether (sulfide) groups is 1. The summed E-state index contributed by atoms with van der Waals surface area (Å²) in [6.07, 6.45) is 3.46. The minimum absolute atomic E-state index is 0.214. The first kappa shape index (κ1) is 16.3. The number of benzene rings is 1. The van der Waals surface area contributed by atoms with Crippen LogP contribution in [0.4, 0.5) is 5.69 Å². The summed E-state index contributed by atoms with van der Waals surface area (Å²) in [5.41, 5.74) is 2.94. The summed E-state index contributed by atoms with van der Waals surface area (Å²) in [7, 11) is 0. The van der Waals surface area contributed by atoms with Crippen LogP contribution in [0.3, 0.4) is 0 Å². The number of anilines is 1. The predicted molar refractivity (Wildman–Crippen MR) is 95.4 cm³/mol. The Morgan fingerprint density at radius 2 is 2.00 bits per heavy atom. The first-order valence-corrected chi connectivity index (χ1v) is 8.65. The van der Waals surface area contributed by atoms with E-state index >= 15 is 0 Å². The second-order valence-corrected chi connectivity index (χ2v) is 6.11. The van der Waals surface area contributed by atoms with Crippen LogP contribution < -0.4 is 5.32 Å². The van der Waals surface area contributed by atoms with Gasteiger partial charge < -0.3 is 9.73 Å². The summed E-state index contributed by atoms with van der Waals surface area (Å²) in [6.45, 7) is 3.79. The molecule has 0 saturated carbocycles. The van der Waals surface area contributed by atoms with Crippen molar-refractivity contribution in [3.8, 4) is 11.6 Å². The van der Waals surface area contributed by atoms with Gasteiger partial charge in [0.2, 0.25) is 0 Å². The third-order valence-corrected chi connectivity index (χ3v) is 4.18. The first-order valence-electron chi connectivity index (χ1n) is 7.43. The van der Waals surface area contributed by atoms with Crippen molar-refractivity contribution in [2.45, 2.75) is 18.9 Å². The second kappa shape index (κ2) is 6.88. The minimum Gasteiger partial charge on any atom is -0.461 e. The Hall–Kier alpha value is -2.60. The molecule has 1 amide bonds. The number of nitrogens with one attached hydrogen (secondary N) is 1. The van der Waals surface area contributed by atoms with E-state index in [1.54, 1.807) is 25.3 Å². The summed E-state index contributed by atoms with van der Waals surface area (Å²) in [6, 6.07) is 11.2. The number of carbonyl (C=O) groups is 1. The van der Waals surface area contributed by atoms with Crippen LogP contribution in [0.15, 0.2) is 52.1 Å². The molecule has 1 N–H and O–H groups in total. The fourth-order valence-corrected chi connectivity index (χ4v) is 3.01. The monoisotopic (exact) mass is 339 g/mol. The van der Waals surface area contributed by atoms with Gasteiger partial charge >= 0.3 is 0 Å². The average Bonchev–Trinajstić information content (AvgIpc) is 3.08. The van der Waals surface area contributed by atoms with Crippen molar-refractivity contribution in [1.29, 1.82) is 0 Å². The van der Waals surface area contributed by atoms with Gasteiger partial charge in [-0.25, -0.2) is 9.97 Å². The fraction of sp³-hybridized carbons (Fsp3) is 0.167. The highest BCUT2D eigenvalue weighted by molar-refractivity contribution is 7.98. The molecular weight excluding hydrogens is 322 g/mol. The maximum absolute atomic E-state index is 12.7. The van der Waals surface area contributed by atoms with Gasteiger partial charge in [-0.05, 0) is 49.9 Å². The van der Waals surface area contributed by atoms with Crippen molar-refractivity contribution in [3.05, 3.63) is 59.5 Å². The molecule has 2 aromatic heterocycles. The maximum atomic E-state index is 12.7. The third kappa shape index (κ3) is 3.33. The molecule has 3 rings (SSSR count). The number of hydrogen-bond acceptors (Lipinski definition) is 5. The zero-order valence-electron chi connectivity index (χ0n) is 13.7. The molecule has 1 aromatic carbocycles. The quantitative estimate of drug-likeness (QED) is 0.566. The van der Waals surface area contributed by atoms with Gasteiger partial charge in [0.1, 0.15) is 5.03 Å². The molecule has 2 heterocycles. The molecule has 0 saturated heterocycles. The van der Waals surface area contributed by atoms with Gasteiger partial charge in [0.05, 0.1) is 17.5 Å². The molecule has 5 nitrogen and oxygen atoms in total. The number of amides is 1. The molecule has 0 aliphatic heterocycles. The molecule has 0 fully saturated rings. The highest BCUT2D eigenvalue weighted by Gasteiger charge is 2.20. The van der Waals surface area contributed by atoms with Crippen LogP contribution >= 0.6 is 11.8 Å². The van der Waals surface area contributed by atoms with E-state index in [1.807, 2.05) is 37.4 Å². The van der Waals surface area contributed by atoms with Crippen LogP contribution in [0.5, 0.6) is 0 Å². The number of aryl methyl sites for hydroxylation is 2. The third-order valence-electron chi connectivity index (χ3n) is 3.49. The van der Waals surface area contributed by atoms with Gasteiger partial charge in [0.25, 0.3) is 5.91 Å². The number of nitrogens with zero attached hydrogens (tertiary/aromatic N) is 2. The van der Waals surface area contributed by atoms with Crippen molar-refractivity contribution in [2.24, 2.45) is 0 Å². The Labute approximate surface area is 144 Å². The van der Waals surface area contributed by atoms with Gasteiger partial charge in [-0.3, -0.25) is 4.79 Å². The van der Waals surface area contributed by atoms with Gasteiger partial charge in [-0.1, -0.05) is 12.1 Å². The van der Waals surface area contributed by atoms with E-state index in [2.05, 4.69) is 15.3 Å². The van der Waals surface area contributed by atoms with E-state index in [0.717, 1.165) is 11.3 Å². The zero-order chi connectivity index (χ0) is 17.1. The van der Waals surface area contributed by atoms with E-state index in [0.29, 0.717) is 27.9 Å². The molecule has 0 radical (unpaired) electrons. The molecule has 0 spiro atoms. The molecule has 122 valence electrons. The predicted octanol–water partition coefficient (Wildman–Crippen LogP) is 4.33. The van der Waals surface area contributed by atoms with Crippen LogP contribution in [-0.4, -0.2) is 22.1 Å². The largest absolute Gasteiger partial charge is 0.461 e. The van der Waals surface area contributed by atoms with Crippen molar-refractivity contribution in [3.63, 3.8) is 0 Å². The molecule has 3 aromatic rings. The lowest BCUT2D eigenvalue weighted by molar-refractivity contribution is 0.102. The van der Waals surface area contributed by atoms with Gasteiger partial charge in [0.15, 0.2) is 11.6 Å². The van der Waals surface area contributed by atoms with Crippen LogP contribution in [0.25, 0.3) is 11.6 Å². The average molecular weight is 339 g/mol. The van der Waals surface area contributed by atoms with Crippen LogP contribution in [0, 0.1) is 13.8 Å². The molecule has 6 heteroatoms. The molecular formula is C18H17N3O2S. The number of carbonyl (C=O) groups excluding carboxylic acids is 1. The number of hydrogen-bond donors (Lipinski definition) is 1. The number of aromatic nitrogens is 2. The summed E-state index contributed by atoms with van der Waals surface area (Å²) >= 11 is 1.41. The second-order valence-electron chi connectivity index (χ2n) is 5.32. The molecule has 0 unspecified atom stereocenters. The maximum Gasteiger partial charge on any atom is 0.260 e. The lowest BCUT2D eigenvalue weighted by Gasteiger charge is -2.12. The smallest absolute Gasteiger partial charge is 0.260 e. The first-order chi connectivity index (χ1) is 11.6. The minimum atomic E-state index is -0.214. The lowest BCUT2D eigenvalue weighted by atomic mass is 10.2. The molecule has 0 bridgehead atoms. The van der Waals surface area contributed by atoms with E-state index in [1.165, 1.54) is 11.8 Å². The molecule has 0 atom stereocenters. The number of rotatable bonds is 4. The molecule has 24 heavy (non-hydrogen) atoms. The normalized spacial score (nSPS) is 10.6. The topological polar surface area (TPSA) is 68.0 Å². The van der Waals surface area contributed by atoms with Crippen LogP contribution in [0.1, 0.15) is 21.6 Å². The Morgan fingerprint density at radius 1 is 1.17 bits per heavy atom. The van der Waals surface area contributed by atoms with Crippen LogP contribution in [-0.2, 0) is 0 Å². The summed E-state index contributed by atoms with van der Waals surface area (Å²) in [4.78, 5) is 21.6. The summed E-state index contributed by atoms with van der Waals surface area (Å²) < 4.78 is 5.35. The standard InChI is InChI=1S/C18H17N3O2S/c1-11-6-4-7-13(10-11)20-17(22)15-12(2)19-16(21-18(15)24-3)14-8-5-9-23-14/h4-10H,1-3H3,(H,20,22). The highest BCUT2D eigenvalue weighted by Crippen LogP contribution is 2.26. The Morgan fingerprint density at radius 3 is 2.67 bits per heavy atom. The van der Waals surface area contributed by atoms with E-state index < -0.39 is 0 Å². The highest BCUT2D eigenvalue weighted by atomic mass is 32.2. The van der Waals surface area contributed by atoms with Gasteiger partial charge in [0, 0.05) is 5.69 Å². The van der Waals surface area contributed by atoms with Crippen molar-refractivity contribution < 1.29 is 9.21 Å². The van der Waals surface area contributed by atoms with E-state index in [-0.39, 0.29) is 5.91 Å². The summed E-state index contributed by atoms with van der Waals surface area (Å²) in [5, 5.41) is 3.54. The number of furan rings is 1. The van der Waals surface area contributed by atoms with Gasteiger partial charge in [-0.2, -0.15) is 0 Å². The van der Waals surface area contributed by atoms with Crippen molar-refractivity contribution in [1.82, 2.24) is 9.97 Å². The van der Waals surface area contributed by atoms with E-state index in [4.69, 9.17) is 4.42 Å². The SMILES string of the molecule is CSc1nc(-c2ccco2)nc(C)c1C(=O)Nc1cccc(C)c1. The Balaban J connectivity index is 1.96. The Bertz CT molecular complexity index is 876. The van der Waals surface area contributed by atoms with Gasteiger partial charge in [-0.15, -0.1) is 11.8 Å². The van der Waals surface area contributed by atoms with Crippen molar-refractivity contribution in [2.75, 3.05) is 11.6 Å². The van der Waals surface area contributed by atoms with Crippen molar-refractivity contribution >= 4 is 23.4 Å². The molecule has 0 aliphatic rings. The zero-order valence-corrected chi connectivity index (χ0v) is 14.5.